The van der Waals surface area contributed by atoms with Crippen LogP contribution in [-0.4, -0.2) is 62.1 Å². The standard InChI is InChI=1S/C20H34N4O/c1-15-7-6-8-19(16(15)2)17(3)22-20(25)21-11-14-24-12-9-18(10-13-24)23(4)5/h6-8,17-18H,9-14H2,1-5H3,(H2,21,22,25)/t17-/m0/s1. The Kier molecular flexibility index (Phi) is 7.26. The number of hydrogen-bond donors (Lipinski definition) is 2. The van der Waals surface area contributed by atoms with Crippen LogP contribution in [0.2, 0.25) is 0 Å². The topological polar surface area (TPSA) is 47.6 Å². The molecule has 0 spiro atoms. The lowest BCUT2D eigenvalue weighted by Gasteiger charge is -2.35. The molecule has 1 aromatic rings. The summed E-state index contributed by atoms with van der Waals surface area (Å²) in [6.07, 6.45) is 2.42. The smallest absolute Gasteiger partial charge is 0.315 e. The highest BCUT2D eigenvalue weighted by Crippen LogP contribution is 2.19. The van der Waals surface area contributed by atoms with Crippen molar-refractivity contribution in [3.05, 3.63) is 34.9 Å². The molecule has 1 fully saturated rings. The first kappa shape index (κ1) is 19.7. The predicted molar refractivity (Wildman–Crippen MR) is 104 cm³/mol. The molecule has 1 aliphatic heterocycles. The van der Waals surface area contributed by atoms with Gasteiger partial charge in [-0.1, -0.05) is 18.2 Å². The monoisotopic (exact) mass is 346 g/mol. The highest BCUT2D eigenvalue weighted by Gasteiger charge is 2.20. The molecule has 2 N–H and O–H groups in total. The number of benzene rings is 1. The molecule has 5 heteroatoms. The van der Waals surface area contributed by atoms with E-state index in [9.17, 15) is 4.79 Å². The molecule has 1 aromatic carbocycles. The van der Waals surface area contributed by atoms with Crippen molar-refractivity contribution in [3.8, 4) is 0 Å². The highest BCUT2D eigenvalue weighted by atomic mass is 16.2. The molecule has 1 heterocycles. The third-order valence-electron chi connectivity index (χ3n) is 5.46. The number of likely N-dealkylation sites (tertiary alicyclic amines) is 1. The number of amides is 2. The fourth-order valence-electron chi connectivity index (χ4n) is 3.56. The average molecular weight is 347 g/mol. The zero-order valence-corrected chi connectivity index (χ0v) is 16.4. The first-order chi connectivity index (χ1) is 11.9. The Morgan fingerprint density at radius 2 is 1.96 bits per heavy atom. The summed E-state index contributed by atoms with van der Waals surface area (Å²) in [5.41, 5.74) is 3.69. The molecule has 0 aliphatic carbocycles. The lowest BCUT2D eigenvalue weighted by Crippen LogP contribution is -2.46. The summed E-state index contributed by atoms with van der Waals surface area (Å²) in [5, 5.41) is 6.05. The normalized spacial score (nSPS) is 17.5. The summed E-state index contributed by atoms with van der Waals surface area (Å²) in [5.74, 6) is 0. The number of aryl methyl sites for hydroxylation is 1. The quantitative estimate of drug-likeness (QED) is 0.833. The van der Waals surface area contributed by atoms with Gasteiger partial charge in [-0.05, 0) is 77.5 Å². The van der Waals surface area contributed by atoms with Crippen LogP contribution in [0.1, 0.15) is 42.5 Å². The summed E-state index contributed by atoms with van der Waals surface area (Å²) in [4.78, 5) is 16.9. The van der Waals surface area contributed by atoms with Crippen LogP contribution < -0.4 is 10.6 Å². The number of nitrogens with zero attached hydrogens (tertiary/aromatic N) is 2. The van der Waals surface area contributed by atoms with Gasteiger partial charge in [0.25, 0.3) is 0 Å². The Hall–Kier alpha value is -1.59. The van der Waals surface area contributed by atoms with Crippen LogP contribution >= 0.6 is 0 Å². The highest BCUT2D eigenvalue weighted by molar-refractivity contribution is 5.74. The first-order valence-electron chi connectivity index (χ1n) is 9.37. The Bertz CT molecular complexity index is 565. The number of rotatable bonds is 6. The summed E-state index contributed by atoms with van der Waals surface area (Å²) in [6, 6.07) is 6.86. The van der Waals surface area contributed by atoms with Gasteiger partial charge in [0.15, 0.2) is 0 Å². The molecule has 0 unspecified atom stereocenters. The molecule has 0 saturated carbocycles. The van der Waals surface area contributed by atoms with E-state index in [-0.39, 0.29) is 12.1 Å². The zero-order chi connectivity index (χ0) is 18.4. The first-order valence-corrected chi connectivity index (χ1v) is 9.37. The average Bonchev–Trinajstić information content (AvgIpc) is 2.57. The van der Waals surface area contributed by atoms with E-state index in [1.165, 1.54) is 29.5 Å². The van der Waals surface area contributed by atoms with Gasteiger partial charge in [-0.2, -0.15) is 0 Å². The van der Waals surface area contributed by atoms with Gasteiger partial charge in [0.05, 0.1) is 6.04 Å². The molecule has 25 heavy (non-hydrogen) atoms. The zero-order valence-electron chi connectivity index (χ0n) is 16.4. The van der Waals surface area contributed by atoms with Gasteiger partial charge in [-0.3, -0.25) is 0 Å². The lowest BCUT2D eigenvalue weighted by atomic mass is 9.98. The second-order valence-corrected chi connectivity index (χ2v) is 7.45. The third kappa shape index (κ3) is 5.72. The molecule has 0 aromatic heterocycles. The summed E-state index contributed by atoms with van der Waals surface area (Å²) < 4.78 is 0. The van der Waals surface area contributed by atoms with E-state index in [1.807, 2.05) is 13.0 Å². The van der Waals surface area contributed by atoms with Gasteiger partial charge in [-0.25, -0.2) is 4.79 Å². The van der Waals surface area contributed by atoms with Gasteiger partial charge in [0, 0.05) is 19.1 Å². The van der Waals surface area contributed by atoms with Crippen LogP contribution in [0.5, 0.6) is 0 Å². The van der Waals surface area contributed by atoms with Gasteiger partial charge < -0.3 is 20.4 Å². The van der Waals surface area contributed by atoms with Crippen molar-refractivity contribution in [2.24, 2.45) is 0 Å². The molecule has 1 saturated heterocycles. The fraction of sp³-hybridized carbons (Fsp3) is 0.650. The summed E-state index contributed by atoms with van der Waals surface area (Å²) in [7, 11) is 4.31. The van der Waals surface area contributed by atoms with Gasteiger partial charge in [0.2, 0.25) is 0 Å². The van der Waals surface area contributed by atoms with Crippen molar-refractivity contribution in [2.45, 2.75) is 45.7 Å². The fourth-order valence-corrected chi connectivity index (χ4v) is 3.56. The predicted octanol–water partition coefficient (Wildman–Crippen LogP) is 2.69. The number of urea groups is 1. The maximum Gasteiger partial charge on any atom is 0.315 e. The molecule has 0 radical (unpaired) electrons. The molecular weight excluding hydrogens is 312 g/mol. The van der Waals surface area contributed by atoms with Crippen LogP contribution in [0, 0.1) is 13.8 Å². The number of carbonyl (C=O) groups is 1. The molecule has 2 amide bonds. The van der Waals surface area contributed by atoms with Crippen LogP contribution in [-0.2, 0) is 0 Å². The molecule has 1 atom stereocenters. The maximum atomic E-state index is 12.2. The second kappa shape index (κ2) is 9.20. The Morgan fingerprint density at radius 1 is 1.28 bits per heavy atom. The molecule has 2 rings (SSSR count). The van der Waals surface area contributed by atoms with E-state index < -0.39 is 0 Å². The van der Waals surface area contributed by atoms with Gasteiger partial charge in [0.1, 0.15) is 0 Å². The molecule has 5 nitrogen and oxygen atoms in total. The van der Waals surface area contributed by atoms with Crippen molar-refractivity contribution in [2.75, 3.05) is 40.3 Å². The summed E-state index contributed by atoms with van der Waals surface area (Å²) in [6.45, 7) is 10.1. The molecule has 0 bridgehead atoms. The largest absolute Gasteiger partial charge is 0.337 e. The minimum Gasteiger partial charge on any atom is -0.337 e. The number of hydrogen-bond acceptors (Lipinski definition) is 3. The molecular formula is C20H34N4O. The van der Waals surface area contributed by atoms with Crippen molar-refractivity contribution in [1.82, 2.24) is 20.4 Å². The van der Waals surface area contributed by atoms with Crippen molar-refractivity contribution >= 4 is 6.03 Å². The number of carbonyl (C=O) groups excluding carboxylic acids is 1. The van der Waals surface area contributed by atoms with E-state index in [0.717, 1.165) is 19.6 Å². The van der Waals surface area contributed by atoms with E-state index >= 15 is 0 Å². The Labute approximate surface area is 152 Å². The number of piperidine rings is 1. The molecule has 1 aliphatic rings. The van der Waals surface area contributed by atoms with E-state index in [0.29, 0.717) is 12.6 Å². The lowest BCUT2D eigenvalue weighted by molar-refractivity contribution is 0.145. The van der Waals surface area contributed by atoms with Crippen LogP contribution in [0.4, 0.5) is 4.79 Å². The van der Waals surface area contributed by atoms with Crippen molar-refractivity contribution in [3.63, 3.8) is 0 Å². The molecule has 140 valence electrons. The van der Waals surface area contributed by atoms with E-state index in [1.54, 1.807) is 0 Å². The second-order valence-electron chi connectivity index (χ2n) is 7.45. The van der Waals surface area contributed by atoms with Gasteiger partial charge in [-0.15, -0.1) is 0 Å². The van der Waals surface area contributed by atoms with Crippen LogP contribution in [0.3, 0.4) is 0 Å². The minimum absolute atomic E-state index is 0.00994. The number of nitrogens with one attached hydrogen (secondary N) is 2. The Morgan fingerprint density at radius 3 is 2.60 bits per heavy atom. The van der Waals surface area contributed by atoms with Crippen LogP contribution in [0.15, 0.2) is 18.2 Å². The van der Waals surface area contributed by atoms with Crippen molar-refractivity contribution < 1.29 is 4.79 Å². The van der Waals surface area contributed by atoms with E-state index in [2.05, 4.69) is 60.5 Å². The maximum absolute atomic E-state index is 12.2. The van der Waals surface area contributed by atoms with E-state index in [4.69, 9.17) is 0 Å². The van der Waals surface area contributed by atoms with Crippen molar-refractivity contribution in [1.29, 1.82) is 0 Å². The SMILES string of the molecule is Cc1cccc([C@H](C)NC(=O)NCCN2CCC(N(C)C)CC2)c1C. The summed E-state index contributed by atoms with van der Waals surface area (Å²) >= 11 is 0. The van der Waals surface area contributed by atoms with Gasteiger partial charge >= 0.3 is 6.03 Å². The van der Waals surface area contributed by atoms with Crippen LogP contribution in [0.25, 0.3) is 0 Å². The minimum atomic E-state index is -0.0865. The third-order valence-corrected chi connectivity index (χ3v) is 5.46. The Balaban J connectivity index is 1.70.